The molecule has 0 saturated heterocycles. The number of ether oxygens (including phenoxy) is 1. The van der Waals surface area contributed by atoms with Crippen LogP contribution in [0.3, 0.4) is 0 Å². The highest BCUT2D eigenvalue weighted by atomic mass is 16.5. The zero-order valence-electron chi connectivity index (χ0n) is 13.6. The Morgan fingerprint density at radius 3 is 2.30 bits per heavy atom. The molecular weight excluding hydrogens is 292 g/mol. The maximum absolute atomic E-state index is 11.5. The van der Waals surface area contributed by atoms with Gasteiger partial charge in [-0.2, -0.15) is 0 Å². The summed E-state index contributed by atoms with van der Waals surface area (Å²) in [6.45, 7) is 5.70. The van der Waals surface area contributed by atoms with Crippen LogP contribution >= 0.6 is 0 Å². The van der Waals surface area contributed by atoms with Crippen molar-refractivity contribution in [2.24, 2.45) is 0 Å². The van der Waals surface area contributed by atoms with Crippen molar-refractivity contribution in [2.45, 2.75) is 33.8 Å². The van der Waals surface area contributed by atoms with Gasteiger partial charge in [0.15, 0.2) is 0 Å². The summed E-state index contributed by atoms with van der Waals surface area (Å²) in [6, 6.07) is 9.71. The smallest absolute Gasteiger partial charge is 0.336 e. The molecule has 0 bridgehead atoms. The van der Waals surface area contributed by atoms with Crippen molar-refractivity contribution in [3.8, 4) is 5.75 Å². The summed E-state index contributed by atoms with van der Waals surface area (Å²) in [7, 11) is 0. The molecule has 0 aliphatic heterocycles. The number of carboxylic acids is 1. The molecule has 0 aliphatic rings. The molecule has 4 heteroatoms. The Bertz CT molecular complexity index is 733. The van der Waals surface area contributed by atoms with Crippen LogP contribution in [-0.2, 0) is 17.8 Å². The third kappa shape index (κ3) is 3.42. The van der Waals surface area contributed by atoms with Gasteiger partial charge < -0.3 is 14.6 Å². The van der Waals surface area contributed by atoms with Crippen LogP contribution < -0.4 is 4.74 Å². The van der Waals surface area contributed by atoms with Crippen molar-refractivity contribution in [3.63, 3.8) is 0 Å². The van der Waals surface area contributed by atoms with E-state index >= 15 is 0 Å². The first-order valence-electron chi connectivity index (χ1n) is 7.43. The van der Waals surface area contributed by atoms with Gasteiger partial charge in [0, 0.05) is 12.0 Å². The minimum Gasteiger partial charge on any atom is -0.488 e. The summed E-state index contributed by atoms with van der Waals surface area (Å²) in [5.41, 5.74) is 3.95. The highest BCUT2D eigenvalue weighted by Gasteiger charge is 2.22. The summed E-state index contributed by atoms with van der Waals surface area (Å²) >= 11 is 0. The lowest BCUT2D eigenvalue weighted by Crippen LogP contribution is -2.11. The number of hydrogen-bond acceptors (Lipinski definition) is 3. The van der Waals surface area contributed by atoms with Crippen LogP contribution in [0.15, 0.2) is 30.3 Å². The Kier molecular flexibility index (Phi) is 5.16. The number of hydrogen-bond donors (Lipinski definition) is 1. The molecule has 4 nitrogen and oxygen atoms in total. The lowest BCUT2D eigenvalue weighted by atomic mass is 9.91. The van der Waals surface area contributed by atoms with E-state index in [0.717, 1.165) is 17.4 Å². The van der Waals surface area contributed by atoms with Gasteiger partial charge in [-0.25, -0.2) is 4.79 Å². The summed E-state index contributed by atoms with van der Waals surface area (Å²) in [5, 5.41) is 9.43. The van der Waals surface area contributed by atoms with E-state index in [0.29, 0.717) is 29.0 Å². The SMILES string of the molecule is Cc1c(C)c(C(=O)O)c(C)c(CC=O)c1OCc1ccccc1. The molecule has 0 atom stereocenters. The summed E-state index contributed by atoms with van der Waals surface area (Å²) in [5.74, 6) is -0.370. The first-order chi connectivity index (χ1) is 11.0. The third-order valence-electron chi connectivity index (χ3n) is 4.11. The van der Waals surface area contributed by atoms with E-state index in [2.05, 4.69) is 0 Å². The summed E-state index contributed by atoms with van der Waals surface area (Å²) in [6.07, 6.45) is 0.912. The van der Waals surface area contributed by atoms with E-state index in [1.54, 1.807) is 13.8 Å². The van der Waals surface area contributed by atoms with Gasteiger partial charge in [0.2, 0.25) is 0 Å². The number of rotatable bonds is 6. The van der Waals surface area contributed by atoms with Gasteiger partial charge in [-0.15, -0.1) is 0 Å². The van der Waals surface area contributed by atoms with Crippen molar-refractivity contribution < 1.29 is 19.4 Å². The first kappa shape index (κ1) is 16.7. The largest absolute Gasteiger partial charge is 0.488 e. The molecule has 0 aliphatic carbocycles. The zero-order chi connectivity index (χ0) is 17.0. The van der Waals surface area contributed by atoms with Crippen LogP contribution in [0.25, 0.3) is 0 Å². The standard InChI is InChI=1S/C19H20O4/c1-12-13(2)18(23-11-15-7-5-4-6-8-15)16(9-10-20)14(3)17(12)19(21)22/h4-8,10H,9,11H2,1-3H3,(H,21,22). The lowest BCUT2D eigenvalue weighted by Gasteiger charge is -2.20. The highest BCUT2D eigenvalue weighted by Crippen LogP contribution is 2.34. The summed E-state index contributed by atoms with van der Waals surface area (Å²) < 4.78 is 5.95. The Labute approximate surface area is 135 Å². The van der Waals surface area contributed by atoms with Crippen molar-refractivity contribution in [1.29, 1.82) is 0 Å². The van der Waals surface area contributed by atoms with Gasteiger partial charge in [-0.1, -0.05) is 30.3 Å². The quantitative estimate of drug-likeness (QED) is 0.827. The average molecular weight is 312 g/mol. The highest BCUT2D eigenvalue weighted by molar-refractivity contribution is 5.93. The van der Waals surface area contributed by atoms with Gasteiger partial charge in [0.1, 0.15) is 18.6 Å². The summed E-state index contributed by atoms with van der Waals surface area (Å²) in [4.78, 5) is 22.5. The van der Waals surface area contributed by atoms with E-state index < -0.39 is 5.97 Å². The average Bonchev–Trinajstić information content (AvgIpc) is 2.53. The van der Waals surface area contributed by atoms with Gasteiger partial charge in [-0.3, -0.25) is 0 Å². The molecule has 0 aromatic heterocycles. The molecule has 120 valence electrons. The van der Waals surface area contributed by atoms with E-state index in [9.17, 15) is 14.7 Å². The second-order valence-corrected chi connectivity index (χ2v) is 5.51. The normalized spacial score (nSPS) is 10.4. The van der Waals surface area contributed by atoms with E-state index in [1.165, 1.54) is 0 Å². The minimum atomic E-state index is -0.982. The predicted molar refractivity (Wildman–Crippen MR) is 88.2 cm³/mol. The van der Waals surface area contributed by atoms with Gasteiger partial charge in [-0.05, 0) is 43.0 Å². The number of carbonyl (C=O) groups is 2. The third-order valence-corrected chi connectivity index (χ3v) is 4.11. The molecule has 0 fully saturated rings. The molecular formula is C19H20O4. The molecule has 0 heterocycles. The molecule has 0 spiro atoms. The maximum Gasteiger partial charge on any atom is 0.336 e. The van der Waals surface area contributed by atoms with E-state index in [4.69, 9.17) is 4.74 Å². The lowest BCUT2D eigenvalue weighted by molar-refractivity contribution is -0.107. The monoisotopic (exact) mass is 312 g/mol. The second kappa shape index (κ2) is 7.09. The van der Waals surface area contributed by atoms with Crippen LogP contribution in [-0.4, -0.2) is 17.4 Å². The van der Waals surface area contributed by atoms with E-state index in [-0.39, 0.29) is 12.0 Å². The molecule has 2 rings (SSSR count). The topological polar surface area (TPSA) is 63.6 Å². The molecule has 0 unspecified atom stereocenters. The van der Waals surface area contributed by atoms with Crippen LogP contribution in [0.4, 0.5) is 0 Å². The molecule has 0 radical (unpaired) electrons. The minimum absolute atomic E-state index is 0.136. The Morgan fingerprint density at radius 1 is 1.09 bits per heavy atom. The van der Waals surface area contributed by atoms with Crippen molar-refractivity contribution >= 4 is 12.3 Å². The van der Waals surface area contributed by atoms with Crippen molar-refractivity contribution in [3.05, 3.63) is 63.7 Å². The molecule has 0 saturated carbocycles. The van der Waals surface area contributed by atoms with Crippen LogP contribution in [0.2, 0.25) is 0 Å². The second-order valence-electron chi connectivity index (χ2n) is 5.51. The van der Waals surface area contributed by atoms with Crippen LogP contribution in [0.1, 0.15) is 38.2 Å². The van der Waals surface area contributed by atoms with Crippen molar-refractivity contribution in [2.75, 3.05) is 0 Å². The van der Waals surface area contributed by atoms with Crippen molar-refractivity contribution in [1.82, 2.24) is 0 Å². The Hall–Kier alpha value is -2.62. The van der Waals surface area contributed by atoms with E-state index in [1.807, 2.05) is 37.3 Å². The number of carbonyl (C=O) groups excluding carboxylic acids is 1. The predicted octanol–water partition coefficient (Wildman–Crippen LogP) is 3.63. The Balaban J connectivity index is 2.49. The number of aromatic carboxylic acids is 1. The number of aldehydes is 1. The molecule has 23 heavy (non-hydrogen) atoms. The van der Waals surface area contributed by atoms with Gasteiger partial charge >= 0.3 is 5.97 Å². The van der Waals surface area contributed by atoms with Gasteiger partial charge in [0.05, 0.1) is 5.56 Å². The maximum atomic E-state index is 11.5. The molecule has 1 N–H and O–H groups in total. The Morgan fingerprint density at radius 2 is 1.74 bits per heavy atom. The zero-order valence-corrected chi connectivity index (χ0v) is 13.6. The molecule has 2 aromatic rings. The fraction of sp³-hybridized carbons (Fsp3) is 0.263. The molecule has 0 amide bonds. The molecule has 2 aromatic carbocycles. The number of benzene rings is 2. The van der Waals surface area contributed by atoms with Crippen LogP contribution in [0.5, 0.6) is 5.75 Å². The van der Waals surface area contributed by atoms with Crippen LogP contribution in [0, 0.1) is 20.8 Å². The fourth-order valence-electron chi connectivity index (χ4n) is 2.76. The van der Waals surface area contributed by atoms with Gasteiger partial charge in [0.25, 0.3) is 0 Å². The fourth-order valence-corrected chi connectivity index (χ4v) is 2.76. The number of carboxylic acid groups (broad SMARTS) is 1. The first-order valence-corrected chi connectivity index (χ1v) is 7.43.